The Hall–Kier alpha value is -2.01. The Kier molecular flexibility index (Phi) is 5.08. The minimum atomic E-state index is -4.29. The second kappa shape index (κ2) is 6.83. The number of hydrogen-bond donors (Lipinski definition) is 0. The molecule has 0 unspecified atom stereocenters. The summed E-state index contributed by atoms with van der Waals surface area (Å²) in [5.41, 5.74) is 1.32. The van der Waals surface area contributed by atoms with Crippen LogP contribution in [0.4, 0.5) is 13.2 Å². The third-order valence-electron chi connectivity index (χ3n) is 3.32. The predicted octanol–water partition coefficient (Wildman–Crippen LogP) is 4.35. The molecule has 2 rings (SSSR count). The molecule has 0 heterocycles. The van der Waals surface area contributed by atoms with Gasteiger partial charge >= 0.3 is 6.18 Å². The van der Waals surface area contributed by atoms with Gasteiger partial charge in [-0.25, -0.2) is 0 Å². The van der Waals surface area contributed by atoms with Crippen molar-refractivity contribution in [3.63, 3.8) is 0 Å². The van der Waals surface area contributed by atoms with Gasteiger partial charge in [0.15, 0.2) is 0 Å². The highest BCUT2D eigenvalue weighted by atomic mass is 19.4. The van der Waals surface area contributed by atoms with Gasteiger partial charge in [0, 0.05) is 13.1 Å². The monoisotopic (exact) mass is 309 g/mol. The van der Waals surface area contributed by atoms with Gasteiger partial charge in [0.25, 0.3) is 0 Å². The van der Waals surface area contributed by atoms with E-state index >= 15 is 0 Å². The first-order valence-corrected chi connectivity index (χ1v) is 6.86. The first kappa shape index (κ1) is 16.4. The summed E-state index contributed by atoms with van der Waals surface area (Å²) < 4.78 is 42.7. The van der Waals surface area contributed by atoms with Gasteiger partial charge in [-0.05, 0) is 42.4 Å². The maximum Gasteiger partial charge on any atom is 0.416 e. The summed E-state index contributed by atoms with van der Waals surface area (Å²) in [5.74, 6) is 0.792. The van der Waals surface area contributed by atoms with Crippen LogP contribution in [-0.2, 0) is 19.3 Å². The Morgan fingerprint density at radius 3 is 2.18 bits per heavy atom. The van der Waals surface area contributed by atoms with E-state index in [0.717, 1.165) is 29.0 Å². The Balaban J connectivity index is 1.98. The molecule has 0 N–H and O–H groups in total. The van der Waals surface area contributed by atoms with E-state index < -0.39 is 11.7 Å². The molecular weight excluding hydrogens is 291 g/mol. The number of methoxy groups -OCH3 is 1. The lowest BCUT2D eigenvalue weighted by molar-refractivity contribution is -0.137. The van der Waals surface area contributed by atoms with Gasteiger partial charge in [-0.1, -0.05) is 24.3 Å². The number of alkyl halides is 3. The number of halogens is 3. The first-order chi connectivity index (χ1) is 10.4. The molecule has 22 heavy (non-hydrogen) atoms. The van der Waals surface area contributed by atoms with Gasteiger partial charge in [-0.15, -0.1) is 0 Å². The van der Waals surface area contributed by atoms with Crippen LogP contribution in [-0.4, -0.2) is 19.1 Å². The maximum atomic E-state index is 12.5. The average molecular weight is 309 g/mol. The molecule has 0 radical (unpaired) electrons. The Morgan fingerprint density at radius 1 is 0.955 bits per heavy atom. The summed E-state index contributed by atoms with van der Waals surface area (Å²) in [4.78, 5) is 2.04. The summed E-state index contributed by atoms with van der Waals surface area (Å²) in [5, 5.41) is 0. The fourth-order valence-corrected chi connectivity index (χ4v) is 2.25. The number of ether oxygens (including phenoxy) is 1. The molecule has 0 amide bonds. The van der Waals surface area contributed by atoms with E-state index in [2.05, 4.69) is 0 Å². The van der Waals surface area contributed by atoms with E-state index in [4.69, 9.17) is 4.74 Å². The van der Waals surface area contributed by atoms with Crippen molar-refractivity contribution >= 4 is 0 Å². The van der Waals surface area contributed by atoms with Crippen molar-refractivity contribution in [3.8, 4) is 5.75 Å². The molecule has 0 saturated heterocycles. The molecule has 0 spiro atoms. The van der Waals surface area contributed by atoms with Crippen molar-refractivity contribution in [1.29, 1.82) is 0 Å². The summed E-state index contributed by atoms with van der Waals surface area (Å²) in [6, 6.07) is 13.0. The van der Waals surface area contributed by atoms with Crippen LogP contribution < -0.4 is 4.74 Å². The van der Waals surface area contributed by atoms with E-state index in [1.54, 1.807) is 7.11 Å². The average Bonchev–Trinajstić information content (AvgIpc) is 2.47. The molecule has 118 valence electrons. The number of nitrogens with zero attached hydrogens (tertiary/aromatic N) is 1. The summed E-state index contributed by atoms with van der Waals surface area (Å²) in [7, 11) is 3.54. The minimum absolute atomic E-state index is 0.579. The molecule has 0 saturated carbocycles. The minimum Gasteiger partial charge on any atom is -0.497 e. The van der Waals surface area contributed by atoms with Gasteiger partial charge in [-0.2, -0.15) is 13.2 Å². The van der Waals surface area contributed by atoms with Crippen LogP contribution in [0, 0.1) is 0 Å². The van der Waals surface area contributed by atoms with E-state index in [0.29, 0.717) is 13.1 Å². The first-order valence-electron chi connectivity index (χ1n) is 6.86. The SMILES string of the molecule is COc1cccc(CN(C)Cc2ccc(C(F)(F)F)cc2)c1. The van der Waals surface area contributed by atoms with Crippen molar-refractivity contribution in [2.45, 2.75) is 19.3 Å². The van der Waals surface area contributed by atoms with Crippen molar-refractivity contribution in [1.82, 2.24) is 4.90 Å². The molecular formula is C17H18F3NO. The quantitative estimate of drug-likeness (QED) is 0.814. The van der Waals surface area contributed by atoms with Gasteiger partial charge < -0.3 is 4.74 Å². The van der Waals surface area contributed by atoms with Crippen LogP contribution in [0.3, 0.4) is 0 Å². The number of rotatable bonds is 5. The Labute approximate surface area is 128 Å². The van der Waals surface area contributed by atoms with Crippen molar-refractivity contribution in [3.05, 3.63) is 65.2 Å². The van der Waals surface area contributed by atoms with Crippen LogP contribution in [0.1, 0.15) is 16.7 Å². The molecule has 0 aliphatic heterocycles. The molecule has 2 aromatic carbocycles. The standard InChI is InChI=1S/C17H18F3NO/c1-21(12-14-4-3-5-16(10-14)22-2)11-13-6-8-15(9-7-13)17(18,19)20/h3-10H,11-12H2,1-2H3. The zero-order chi connectivity index (χ0) is 16.2. The zero-order valence-electron chi connectivity index (χ0n) is 12.5. The van der Waals surface area contributed by atoms with Crippen molar-refractivity contribution in [2.24, 2.45) is 0 Å². The van der Waals surface area contributed by atoms with Crippen LogP contribution in [0.2, 0.25) is 0 Å². The van der Waals surface area contributed by atoms with Crippen LogP contribution in [0.15, 0.2) is 48.5 Å². The summed E-state index contributed by atoms with van der Waals surface area (Å²) in [6.45, 7) is 1.27. The summed E-state index contributed by atoms with van der Waals surface area (Å²) >= 11 is 0. The second-order valence-corrected chi connectivity index (χ2v) is 5.22. The lowest BCUT2D eigenvalue weighted by Crippen LogP contribution is -2.17. The highest BCUT2D eigenvalue weighted by Crippen LogP contribution is 2.29. The molecule has 0 atom stereocenters. The Bertz CT molecular complexity index is 608. The lowest BCUT2D eigenvalue weighted by Gasteiger charge is -2.17. The highest BCUT2D eigenvalue weighted by molar-refractivity contribution is 5.28. The molecule has 0 bridgehead atoms. The normalized spacial score (nSPS) is 11.7. The molecule has 0 aromatic heterocycles. The molecule has 0 aliphatic carbocycles. The Morgan fingerprint density at radius 2 is 1.59 bits per heavy atom. The molecule has 2 nitrogen and oxygen atoms in total. The van der Waals surface area contributed by atoms with Crippen LogP contribution in [0.25, 0.3) is 0 Å². The molecule has 5 heteroatoms. The van der Waals surface area contributed by atoms with Crippen LogP contribution in [0.5, 0.6) is 5.75 Å². The van der Waals surface area contributed by atoms with Gasteiger partial charge in [-0.3, -0.25) is 4.90 Å². The smallest absolute Gasteiger partial charge is 0.416 e. The molecule has 2 aromatic rings. The highest BCUT2D eigenvalue weighted by Gasteiger charge is 2.29. The zero-order valence-corrected chi connectivity index (χ0v) is 12.5. The van der Waals surface area contributed by atoms with E-state index in [1.165, 1.54) is 12.1 Å². The largest absolute Gasteiger partial charge is 0.497 e. The fourth-order valence-electron chi connectivity index (χ4n) is 2.25. The number of hydrogen-bond acceptors (Lipinski definition) is 2. The van der Waals surface area contributed by atoms with Gasteiger partial charge in [0.05, 0.1) is 12.7 Å². The number of benzene rings is 2. The van der Waals surface area contributed by atoms with Gasteiger partial charge in [0.2, 0.25) is 0 Å². The summed E-state index contributed by atoms with van der Waals surface area (Å²) in [6.07, 6.45) is -4.29. The van der Waals surface area contributed by atoms with E-state index in [1.807, 2.05) is 36.2 Å². The molecule has 0 fully saturated rings. The second-order valence-electron chi connectivity index (χ2n) is 5.22. The fraction of sp³-hybridized carbons (Fsp3) is 0.294. The van der Waals surface area contributed by atoms with Crippen molar-refractivity contribution in [2.75, 3.05) is 14.2 Å². The maximum absolute atomic E-state index is 12.5. The molecule has 0 aliphatic rings. The van der Waals surface area contributed by atoms with Crippen LogP contribution >= 0.6 is 0 Å². The van der Waals surface area contributed by atoms with Crippen molar-refractivity contribution < 1.29 is 17.9 Å². The third-order valence-corrected chi connectivity index (χ3v) is 3.32. The third kappa shape index (κ3) is 4.49. The lowest BCUT2D eigenvalue weighted by atomic mass is 10.1. The predicted molar refractivity (Wildman–Crippen MR) is 79.6 cm³/mol. The topological polar surface area (TPSA) is 12.5 Å². The van der Waals surface area contributed by atoms with Gasteiger partial charge in [0.1, 0.15) is 5.75 Å². The van der Waals surface area contributed by atoms with E-state index in [-0.39, 0.29) is 0 Å². The van der Waals surface area contributed by atoms with E-state index in [9.17, 15) is 13.2 Å².